The first-order valence-corrected chi connectivity index (χ1v) is 5.51. The van der Waals surface area contributed by atoms with E-state index in [4.69, 9.17) is 0 Å². The van der Waals surface area contributed by atoms with Gasteiger partial charge in [0.05, 0.1) is 0 Å². The van der Waals surface area contributed by atoms with E-state index in [9.17, 15) is 4.79 Å². The summed E-state index contributed by atoms with van der Waals surface area (Å²) < 4.78 is 3.12. The van der Waals surface area contributed by atoms with Gasteiger partial charge in [0.2, 0.25) is 0 Å². The van der Waals surface area contributed by atoms with E-state index in [1.165, 1.54) is 4.52 Å². The van der Waals surface area contributed by atoms with Gasteiger partial charge in [0.25, 0.3) is 0 Å². The van der Waals surface area contributed by atoms with E-state index in [0.29, 0.717) is 11.5 Å². The van der Waals surface area contributed by atoms with Crippen LogP contribution in [0.4, 0.5) is 5.82 Å². The molecule has 3 heterocycles. The van der Waals surface area contributed by atoms with Gasteiger partial charge in [0.15, 0.2) is 11.5 Å². The van der Waals surface area contributed by atoms with Crippen LogP contribution in [0.3, 0.4) is 0 Å². The highest BCUT2D eigenvalue weighted by atomic mass is 16.2. The Bertz CT molecular complexity index is 746. The quantitative estimate of drug-likeness (QED) is 0.695. The maximum Gasteiger partial charge on any atom is 0.364 e. The number of aromatic nitrogens is 5. The maximum atomic E-state index is 11.4. The van der Waals surface area contributed by atoms with Gasteiger partial charge in [-0.15, -0.1) is 5.10 Å². The molecule has 0 bridgehead atoms. The Labute approximate surface area is 102 Å². The van der Waals surface area contributed by atoms with Crippen molar-refractivity contribution in [2.24, 2.45) is 0 Å². The first-order valence-electron chi connectivity index (χ1n) is 5.51. The SMILES string of the molecule is Cc1ccc(C)n1Nc1ccc2n[nH]c(=O)n2n1. The molecule has 18 heavy (non-hydrogen) atoms. The van der Waals surface area contributed by atoms with Crippen molar-refractivity contribution in [1.82, 2.24) is 24.5 Å². The topological polar surface area (TPSA) is 80.0 Å². The van der Waals surface area contributed by atoms with Crippen molar-refractivity contribution < 1.29 is 0 Å². The largest absolute Gasteiger partial charge is 0.364 e. The van der Waals surface area contributed by atoms with Gasteiger partial charge in [-0.05, 0) is 38.1 Å². The molecule has 3 rings (SSSR count). The van der Waals surface area contributed by atoms with E-state index in [1.807, 2.05) is 30.7 Å². The molecule has 0 aliphatic heterocycles. The summed E-state index contributed by atoms with van der Waals surface area (Å²) in [5.41, 5.74) is 5.40. The third kappa shape index (κ3) is 1.56. The zero-order valence-electron chi connectivity index (χ0n) is 10.0. The molecule has 92 valence electrons. The van der Waals surface area contributed by atoms with Crippen LogP contribution in [-0.2, 0) is 0 Å². The number of H-pyrrole nitrogens is 1. The van der Waals surface area contributed by atoms with E-state index in [-0.39, 0.29) is 5.69 Å². The monoisotopic (exact) mass is 244 g/mol. The van der Waals surface area contributed by atoms with Crippen molar-refractivity contribution in [2.45, 2.75) is 13.8 Å². The van der Waals surface area contributed by atoms with E-state index in [1.54, 1.807) is 12.1 Å². The molecule has 0 spiro atoms. The smallest absolute Gasteiger partial charge is 0.276 e. The number of nitrogens with one attached hydrogen (secondary N) is 2. The molecule has 0 aliphatic rings. The molecular weight excluding hydrogens is 232 g/mol. The molecular formula is C11H12N6O. The first-order chi connectivity index (χ1) is 8.65. The molecule has 0 radical (unpaired) electrons. The van der Waals surface area contributed by atoms with Crippen LogP contribution in [0.5, 0.6) is 0 Å². The molecule has 0 saturated heterocycles. The van der Waals surface area contributed by atoms with Gasteiger partial charge < -0.3 is 0 Å². The standard InChI is InChI=1S/C11H12N6O/c1-7-3-4-8(2)16(7)14-9-5-6-10-12-13-11(18)17(10)15-9/h3-6H,1-2H3,(H,13,18)(H,14,15). The van der Waals surface area contributed by atoms with Crippen LogP contribution in [0.25, 0.3) is 5.65 Å². The summed E-state index contributed by atoms with van der Waals surface area (Å²) in [4.78, 5) is 11.4. The van der Waals surface area contributed by atoms with E-state index in [2.05, 4.69) is 20.7 Å². The van der Waals surface area contributed by atoms with Crippen molar-refractivity contribution >= 4 is 11.5 Å². The number of nitrogens with zero attached hydrogens (tertiary/aromatic N) is 4. The maximum absolute atomic E-state index is 11.4. The second-order valence-corrected chi connectivity index (χ2v) is 4.08. The van der Waals surface area contributed by atoms with Crippen molar-refractivity contribution in [2.75, 3.05) is 5.43 Å². The molecule has 3 aromatic heterocycles. The van der Waals surface area contributed by atoms with Gasteiger partial charge >= 0.3 is 5.69 Å². The van der Waals surface area contributed by atoms with Gasteiger partial charge in [-0.3, -0.25) is 10.1 Å². The predicted molar refractivity (Wildman–Crippen MR) is 66.5 cm³/mol. The van der Waals surface area contributed by atoms with Gasteiger partial charge in [0, 0.05) is 11.4 Å². The molecule has 7 nitrogen and oxygen atoms in total. The number of rotatable bonds is 2. The van der Waals surface area contributed by atoms with Crippen LogP contribution >= 0.6 is 0 Å². The molecule has 2 N–H and O–H groups in total. The minimum Gasteiger partial charge on any atom is -0.276 e. The lowest BCUT2D eigenvalue weighted by molar-refractivity contribution is 0.827. The number of aryl methyl sites for hydroxylation is 2. The summed E-state index contributed by atoms with van der Waals surface area (Å²) >= 11 is 0. The highest BCUT2D eigenvalue weighted by Gasteiger charge is 2.05. The fourth-order valence-corrected chi connectivity index (χ4v) is 1.82. The molecule has 0 saturated carbocycles. The Morgan fingerprint density at radius 3 is 2.61 bits per heavy atom. The lowest BCUT2D eigenvalue weighted by atomic mass is 10.5. The van der Waals surface area contributed by atoms with Crippen LogP contribution in [0.1, 0.15) is 11.4 Å². The highest BCUT2D eigenvalue weighted by Crippen LogP contribution is 2.09. The number of hydrogen-bond donors (Lipinski definition) is 2. The summed E-state index contributed by atoms with van der Waals surface area (Å²) in [5, 5.41) is 10.3. The first kappa shape index (κ1) is 10.6. The van der Waals surface area contributed by atoms with E-state index in [0.717, 1.165) is 11.4 Å². The third-order valence-corrected chi connectivity index (χ3v) is 2.77. The van der Waals surface area contributed by atoms with Crippen LogP contribution in [-0.4, -0.2) is 24.5 Å². The lowest BCUT2D eigenvalue weighted by Crippen LogP contribution is -2.17. The van der Waals surface area contributed by atoms with Gasteiger partial charge in [-0.1, -0.05) is 0 Å². The van der Waals surface area contributed by atoms with Crippen LogP contribution in [0, 0.1) is 13.8 Å². The van der Waals surface area contributed by atoms with Gasteiger partial charge in [-0.25, -0.2) is 9.89 Å². The minimum atomic E-state index is -0.352. The van der Waals surface area contributed by atoms with Crippen molar-refractivity contribution in [3.8, 4) is 0 Å². The Morgan fingerprint density at radius 1 is 1.17 bits per heavy atom. The zero-order valence-corrected chi connectivity index (χ0v) is 10.0. The summed E-state index contributed by atoms with van der Waals surface area (Å²) in [6.07, 6.45) is 0. The highest BCUT2D eigenvalue weighted by molar-refractivity contribution is 5.43. The van der Waals surface area contributed by atoms with Crippen molar-refractivity contribution in [3.63, 3.8) is 0 Å². The Kier molecular flexibility index (Phi) is 2.19. The van der Waals surface area contributed by atoms with Crippen LogP contribution in [0.2, 0.25) is 0 Å². The van der Waals surface area contributed by atoms with Crippen molar-refractivity contribution in [1.29, 1.82) is 0 Å². The van der Waals surface area contributed by atoms with Gasteiger partial charge in [-0.2, -0.15) is 9.61 Å². The number of hydrogen-bond acceptors (Lipinski definition) is 4. The molecule has 0 fully saturated rings. The van der Waals surface area contributed by atoms with Crippen molar-refractivity contribution in [3.05, 3.63) is 46.1 Å². The third-order valence-electron chi connectivity index (χ3n) is 2.77. The lowest BCUT2D eigenvalue weighted by Gasteiger charge is -2.11. The number of fused-ring (bicyclic) bond motifs is 1. The average molecular weight is 244 g/mol. The molecule has 0 unspecified atom stereocenters. The summed E-state index contributed by atoms with van der Waals surface area (Å²) in [6.45, 7) is 3.98. The van der Waals surface area contributed by atoms with Crippen LogP contribution in [0.15, 0.2) is 29.1 Å². The second kappa shape index (κ2) is 3.73. The zero-order chi connectivity index (χ0) is 12.7. The summed E-state index contributed by atoms with van der Waals surface area (Å²) in [7, 11) is 0. The molecule has 0 atom stereocenters. The average Bonchev–Trinajstić information content (AvgIpc) is 2.88. The van der Waals surface area contributed by atoms with Crippen LogP contribution < -0.4 is 11.1 Å². The minimum absolute atomic E-state index is 0.352. The normalized spacial score (nSPS) is 11.0. The molecule has 3 aromatic rings. The van der Waals surface area contributed by atoms with E-state index >= 15 is 0 Å². The fraction of sp³-hybridized carbons (Fsp3) is 0.182. The Hall–Kier alpha value is -2.57. The number of aromatic amines is 1. The summed E-state index contributed by atoms with van der Waals surface area (Å²) in [5.74, 6) is 0.577. The molecule has 0 aromatic carbocycles. The molecule has 7 heteroatoms. The Balaban J connectivity index is 2.05. The second-order valence-electron chi connectivity index (χ2n) is 4.08. The predicted octanol–water partition coefficient (Wildman–Crippen LogP) is 0.711. The number of anilines is 1. The summed E-state index contributed by atoms with van der Waals surface area (Å²) in [6, 6.07) is 7.51. The van der Waals surface area contributed by atoms with E-state index < -0.39 is 0 Å². The van der Waals surface area contributed by atoms with Gasteiger partial charge in [0.1, 0.15) is 0 Å². The Morgan fingerprint density at radius 2 is 1.89 bits per heavy atom. The fourth-order valence-electron chi connectivity index (χ4n) is 1.82. The molecule has 0 aliphatic carbocycles. The molecule has 0 amide bonds.